The van der Waals surface area contributed by atoms with E-state index in [1.54, 1.807) is 0 Å². The summed E-state index contributed by atoms with van der Waals surface area (Å²) in [4.78, 5) is 11.7. The maximum atomic E-state index is 11.7. The zero-order valence-corrected chi connectivity index (χ0v) is 10.4. The van der Waals surface area contributed by atoms with Gasteiger partial charge in [0.15, 0.2) is 0 Å². The molecule has 0 bridgehead atoms. The highest BCUT2D eigenvalue weighted by molar-refractivity contribution is 7.60. The van der Waals surface area contributed by atoms with Gasteiger partial charge in [-0.3, -0.25) is 9.36 Å². The van der Waals surface area contributed by atoms with Crippen molar-refractivity contribution in [2.45, 2.75) is 20.8 Å². The highest BCUT2D eigenvalue weighted by atomic mass is 31.1. The van der Waals surface area contributed by atoms with E-state index in [2.05, 4.69) is 4.52 Å². The molecule has 1 rings (SSSR count). The summed E-state index contributed by atoms with van der Waals surface area (Å²) in [6.07, 6.45) is 0. The molecule has 0 aliphatic heterocycles. The van der Waals surface area contributed by atoms with Gasteiger partial charge in [-0.15, -0.1) is 0 Å². The Hall–Kier alpha value is -0.920. The van der Waals surface area contributed by atoms with Gasteiger partial charge in [-0.25, -0.2) is 0 Å². The van der Waals surface area contributed by atoms with Crippen LogP contribution in [-0.4, -0.2) is 12.6 Å². The molecule has 1 atom stereocenters. The maximum absolute atomic E-state index is 11.7. The summed E-state index contributed by atoms with van der Waals surface area (Å²) in [5.74, 6) is 0. The third kappa shape index (κ3) is 2.55. The fraction of sp³-hybridized carbons (Fsp3) is 0.364. The van der Waals surface area contributed by atoms with Gasteiger partial charge in [0, 0.05) is 12.7 Å². The minimum Gasteiger partial charge on any atom is -0.328 e. The first-order valence-corrected chi connectivity index (χ1v) is 5.99. The predicted molar refractivity (Wildman–Crippen MR) is 61.0 cm³/mol. The van der Waals surface area contributed by atoms with Gasteiger partial charge >= 0.3 is 0 Å². The van der Waals surface area contributed by atoms with Crippen molar-refractivity contribution in [3.63, 3.8) is 0 Å². The molecule has 1 aromatic carbocycles. The predicted octanol–water partition coefficient (Wildman–Crippen LogP) is 2.87. The average molecular weight is 226 g/mol. The minimum absolute atomic E-state index is 0.391. The second-order valence-corrected chi connectivity index (χ2v) is 5.03. The summed E-state index contributed by atoms with van der Waals surface area (Å²) in [5, 5.41) is 0. The van der Waals surface area contributed by atoms with Crippen LogP contribution in [0, 0.1) is 20.8 Å². The molecular weight excluding hydrogens is 211 g/mol. The van der Waals surface area contributed by atoms with Crippen LogP contribution in [-0.2, 0) is 9.09 Å². The van der Waals surface area contributed by atoms with Crippen LogP contribution in [0.1, 0.15) is 27.0 Å². The molecule has 0 radical (unpaired) electrons. The van der Waals surface area contributed by atoms with Crippen LogP contribution in [0.3, 0.4) is 0 Å². The van der Waals surface area contributed by atoms with Crippen molar-refractivity contribution in [2.24, 2.45) is 0 Å². The Labute approximate surface area is 90.3 Å². The molecule has 1 unspecified atom stereocenters. The molecule has 82 valence electrons. The Morgan fingerprint density at radius 3 is 2.07 bits per heavy atom. The second-order valence-electron chi connectivity index (χ2n) is 3.59. The molecule has 0 heterocycles. The van der Waals surface area contributed by atoms with E-state index >= 15 is 0 Å². The molecular formula is C11H15O3P. The van der Waals surface area contributed by atoms with Gasteiger partial charge in [0.05, 0.1) is 0 Å². The molecule has 0 saturated carbocycles. The molecule has 4 heteroatoms. The zero-order valence-electron chi connectivity index (χ0n) is 9.38. The Kier molecular flexibility index (Phi) is 3.83. The smallest absolute Gasteiger partial charge is 0.260 e. The van der Waals surface area contributed by atoms with Crippen LogP contribution in [0.4, 0.5) is 0 Å². The number of rotatable bonds is 3. The SMILES string of the molecule is CO[PH](=O)C(=O)c1c(C)cc(C)cc1C. The van der Waals surface area contributed by atoms with Gasteiger partial charge in [-0.2, -0.15) is 0 Å². The number of carbonyl (C=O) groups excluding carboxylic acids is 1. The number of carbonyl (C=O) groups is 1. The number of aryl methyl sites for hydroxylation is 3. The summed E-state index contributed by atoms with van der Waals surface area (Å²) < 4.78 is 15.9. The Morgan fingerprint density at radius 1 is 1.20 bits per heavy atom. The molecule has 0 aliphatic rings. The van der Waals surface area contributed by atoms with Gasteiger partial charge in [0.25, 0.3) is 8.03 Å². The first-order chi connectivity index (χ1) is 6.97. The molecule has 0 N–H and O–H groups in total. The van der Waals surface area contributed by atoms with Crippen molar-refractivity contribution in [1.82, 2.24) is 0 Å². The molecule has 3 nitrogen and oxygen atoms in total. The van der Waals surface area contributed by atoms with Crippen molar-refractivity contribution in [3.8, 4) is 0 Å². The molecule has 0 fully saturated rings. The lowest BCUT2D eigenvalue weighted by atomic mass is 10.0. The third-order valence-corrected chi connectivity index (χ3v) is 3.27. The van der Waals surface area contributed by atoms with E-state index in [4.69, 9.17) is 0 Å². The van der Waals surface area contributed by atoms with Gasteiger partial charge in [-0.1, -0.05) is 17.7 Å². The Morgan fingerprint density at radius 2 is 1.67 bits per heavy atom. The molecule has 0 aromatic heterocycles. The summed E-state index contributed by atoms with van der Waals surface area (Å²) in [7, 11) is -1.32. The van der Waals surface area contributed by atoms with E-state index in [0.717, 1.165) is 16.7 Å². The topological polar surface area (TPSA) is 43.4 Å². The Balaban J connectivity index is 3.26. The van der Waals surface area contributed by atoms with E-state index in [0.29, 0.717) is 5.56 Å². The summed E-state index contributed by atoms with van der Waals surface area (Å²) in [6.45, 7) is 5.66. The van der Waals surface area contributed by atoms with Crippen LogP contribution in [0.5, 0.6) is 0 Å². The first kappa shape index (κ1) is 12.2. The number of hydrogen-bond acceptors (Lipinski definition) is 3. The van der Waals surface area contributed by atoms with Crippen LogP contribution < -0.4 is 0 Å². The normalized spacial score (nSPS) is 12.5. The van der Waals surface area contributed by atoms with Gasteiger partial charge in [-0.05, 0) is 31.9 Å². The van der Waals surface area contributed by atoms with Gasteiger partial charge in [0.2, 0.25) is 5.52 Å². The van der Waals surface area contributed by atoms with Crippen molar-refractivity contribution in [3.05, 3.63) is 34.4 Å². The quantitative estimate of drug-likeness (QED) is 0.744. The molecule has 15 heavy (non-hydrogen) atoms. The van der Waals surface area contributed by atoms with Crippen molar-refractivity contribution in [1.29, 1.82) is 0 Å². The van der Waals surface area contributed by atoms with Crippen LogP contribution in [0.25, 0.3) is 0 Å². The molecule has 1 aromatic rings. The van der Waals surface area contributed by atoms with E-state index in [1.807, 2.05) is 32.9 Å². The molecule has 0 aliphatic carbocycles. The third-order valence-electron chi connectivity index (χ3n) is 2.27. The first-order valence-electron chi connectivity index (χ1n) is 4.68. The fourth-order valence-corrected chi connectivity index (χ4v) is 2.52. The van der Waals surface area contributed by atoms with E-state index in [9.17, 15) is 9.36 Å². The van der Waals surface area contributed by atoms with Crippen molar-refractivity contribution < 1.29 is 13.9 Å². The lowest BCUT2D eigenvalue weighted by Crippen LogP contribution is -2.01. The van der Waals surface area contributed by atoms with E-state index in [1.165, 1.54) is 7.11 Å². The fourth-order valence-electron chi connectivity index (χ4n) is 1.73. The molecule has 0 saturated heterocycles. The van der Waals surface area contributed by atoms with Gasteiger partial charge in [0.1, 0.15) is 0 Å². The lowest BCUT2D eigenvalue weighted by molar-refractivity contribution is 0.106. The molecule has 0 amide bonds. The molecule has 0 spiro atoms. The number of hydrogen-bond donors (Lipinski definition) is 0. The second kappa shape index (κ2) is 4.73. The standard InChI is InChI=1S/C11H15O3P/c1-7-5-8(2)10(9(3)6-7)11(12)15(13)14-4/h5-6,15H,1-4H3. The van der Waals surface area contributed by atoms with Gasteiger partial charge < -0.3 is 4.52 Å². The van der Waals surface area contributed by atoms with Crippen molar-refractivity contribution in [2.75, 3.05) is 7.11 Å². The summed E-state index contributed by atoms with van der Waals surface area (Å²) in [5.41, 5.74) is 2.95. The van der Waals surface area contributed by atoms with E-state index in [-0.39, 0.29) is 0 Å². The average Bonchev–Trinajstić information content (AvgIpc) is 2.14. The largest absolute Gasteiger partial charge is 0.328 e. The Bertz CT molecular complexity index is 401. The minimum atomic E-state index is -2.60. The van der Waals surface area contributed by atoms with Crippen LogP contribution in [0.2, 0.25) is 0 Å². The highest BCUT2D eigenvalue weighted by Gasteiger charge is 2.18. The summed E-state index contributed by atoms with van der Waals surface area (Å²) >= 11 is 0. The lowest BCUT2D eigenvalue weighted by Gasteiger charge is -2.09. The van der Waals surface area contributed by atoms with E-state index < -0.39 is 13.6 Å². The zero-order chi connectivity index (χ0) is 11.6. The highest BCUT2D eigenvalue weighted by Crippen LogP contribution is 2.30. The number of benzene rings is 1. The monoisotopic (exact) mass is 226 g/mol. The van der Waals surface area contributed by atoms with Crippen molar-refractivity contribution >= 4 is 13.6 Å². The summed E-state index contributed by atoms with van der Waals surface area (Å²) in [6, 6.07) is 3.82. The van der Waals surface area contributed by atoms with Crippen LogP contribution in [0.15, 0.2) is 12.1 Å². The van der Waals surface area contributed by atoms with Crippen LogP contribution >= 0.6 is 8.03 Å². The maximum Gasteiger partial charge on any atom is 0.260 e.